The standard InChI is InChI=1S/C19H17BrN2O3S/c1-11-2-4-12(5-3-11)22-15(24)7-6-14-16(20)17(26-19(14)22)18(25)21-9-8-13(23)10-21/h2-7,13,23H,8-10H2,1H3/t13-/m1/s1. The number of pyridine rings is 1. The summed E-state index contributed by atoms with van der Waals surface area (Å²) in [5, 5.41) is 10.5. The van der Waals surface area contributed by atoms with Gasteiger partial charge in [0.25, 0.3) is 11.5 Å². The molecule has 0 saturated carbocycles. The SMILES string of the molecule is Cc1ccc(-n2c(=O)ccc3c(Br)c(C(=O)N4CC[C@@H](O)C4)sc32)cc1. The van der Waals surface area contributed by atoms with Gasteiger partial charge in [-0.2, -0.15) is 0 Å². The molecule has 5 nitrogen and oxygen atoms in total. The molecule has 1 aromatic carbocycles. The van der Waals surface area contributed by atoms with Gasteiger partial charge in [-0.3, -0.25) is 14.2 Å². The van der Waals surface area contributed by atoms with Crippen LogP contribution >= 0.6 is 27.3 Å². The number of benzene rings is 1. The van der Waals surface area contributed by atoms with Crippen LogP contribution in [-0.2, 0) is 0 Å². The van der Waals surface area contributed by atoms with E-state index >= 15 is 0 Å². The summed E-state index contributed by atoms with van der Waals surface area (Å²) >= 11 is 4.85. The molecule has 0 radical (unpaired) electrons. The van der Waals surface area contributed by atoms with Crippen molar-refractivity contribution in [1.82, 2.24) is 9.47 Å². The third-order valence-corrected chi connectivity index (χ3v) is 6.88. The molecule has 0 bridgehead atoms. The second-order valence-corrected chi connectivity index (χ2v) is 8.29. The van der Waals surface area contributed by atoms with Gasteiger partial charge in [-0.25, -0.2) is 0 Å². The number of hydrogen-bond donors (Lipinski definition) is 1. The van der Waals surface area contributed by atoms with Crippen LogP contribution in [0.25, 0.3) is 15.9 Å². The molecule has 7 heteroatoms. The zero-order chi connectivity index (χ0) is 18.4. The van der Waals surface area contributed by atoms with Crippen LogP contribution in [0.5, 0.6) is 0 Å². The normalized spacial score (nSPS) is 17.2. The van der Waals surface area contributed by atoms with Gasteiger partial charge in [0, 0.05) is 24.5 Å². The third-order valence-electron chi connectivity index (χ3n) is 4.62. The minimum absolute atomic E-state index is 0.113. The Kier molecular flexibility index (Phi) is 4.46. The summed E-state index contributed by atoms with van der Waals surface area (Å²) in [6, 6.07) is 11.0. The Labute approximate surface area is 162 Å². The van der Waals surface area contributed by atoms with Crippen LogP contribution < -0.4 is 5.56 Å². The lowest BCUT2D eigenvalue weighted by Crippen LogP contribution is -2.29. The van der Waals surface area contributed by atoms with E-state index in [2.05, 4.69) is 15.9 Å². The number of β-amino-alcohol motifs (C(OH)–C–C–N with tert-alkyl or cyclic N) is 1. The first-order valence-electron chi connectivity index (χ1n) is 8.34. The molecule has 0 spiro atoms. The zero-order valence-corrected chi connectivity index (χ0v) is 16.5. The second kappa shape index (κ2) is 6.64. The van der Waals surface area contributed by atoms with Crippen LogP contribution in [0.2, 0.25) is 0 Å². The van der Waals surface area contributed by atoms with Crippen molar-refractivity contribution in [3.8, 4) is 5.69 Å². The van der Waals surface area contributed by atoms with Gasteiger partial charge in [-0.15, -0.1) is 11.3 Å². The highest BCUT2D eigenvalue weighted by Crippen LogP contribution is 2.37. The predicted molar refractivity (Wildman–Crippen MR) is 106 cm³/mol. The van der Waals surface area contributed by atoms with Crippen molar-refractivity contribution in [2.24, 2.45) is 0 Å². The van der Waals surface area contributed by atoms with Crippen molar-refractivity contribution in [2.45, 2.75) is 19.4 Å². The number of aliphatic hydroxyl groups excluding tert-OH is 1. The molecule has 1 aliphatic heterocycles. The van der Waals surface area contributed by atoms with E-state index in [-0.39, 0.29) is 11.5 Å². The Balaban J connectivity index is 1.87. The van der Waals surface area contributed by atoms with Gasteiger partial charge in [-0.1, -0.05) is 17.7 Å². The summed E-state index contributed by atoms with van der Waals surface area (Å²) in [5.74, 6) is -0.113. The van der Waals surface area contributed by atoms with Crippen LogP contribution in [0.1, 0.15) is 21.7 Å². The Morgan fingerprint density at radius 3 is 2.62 bits per heavy atom. The number of hydrogen-bond acceptors (Lipinski definition) is 4. The molecule has 3 aromatic rings. The van der Waals surface area contributed by atoms with Crippen LogP contribution in [0.3, 0.4) is 0 Å². The number of rotatable bonds is 2. The molecule has 1 atom stereocenters. The molecule has 2 aromatic heterocycles. The highest BCUT2D eigenvalue weighted by Gasteiger charge is 2.29. The van der Waals surface area contributed by atoms with E-state index in [9.17, 15) is 14.7 Å². The first-order valence-corrected chi connectivity index (χ1v) is 9.95. The summed E-state index contributed by atoms with van der Waals surface area (Å²) in [4.78, 5) is 28.4. The summed E-state index contributed by atoms with van der Waals surface area (Å²) in [6.45, 7) is 2.89. The molecule has 3 heterocycles. The maximum Gasteiger partial charge on any atom is 0.265 e. The van der Waals surface area contributed by atoms with Gasteiger partial charge in [0.15, 0.2) is 0 Å². The maximum atomic E-state index is 12.9. The second-order valence-electron chi connectivity index (χ2n) is 6.50. The van der Waals surface area contributed by atoms with Crippen molar-refractivity contribution in [3.05, 3.63) is 61.7 Å². The molecule has 1 fully saturated rings. The molecular formula is C19H17BrN2O3S. The summed E-state index contributed by atoms with van der Waals surface area (Å²) in [7, 11) is 0. The van der Waals surface area contributed by atoms with Crippen molar-refractivity contribution >= 4 is 43.4 Å². The number of aliphatic hydroxyl groups is 1. The van der Waals surface area contributed by atoms with Gasteiger partial charge in [-0.05, 0) is 47.5 Å². The number of likely N-dealkylation sites (tertiary alicyclic amines) is 1. The third kappa shape index (κ3) is 2.90. The van der Waals surface area contributed by atoms with E-state index in [4.69, 9.17) is 0 Å². The molecule has 0 unspecified atom stereocenters. The molecule has 26 heavy (non-hydrogen) atoms. The average Bonchev–Trinajstić information content (AvgIpc) is 3.19. The molecule has 1 N–H and O–H groups in total. The summed E-state index contributed by atoms with van der Waals surface area (Å²) in [5.41, 5.74) is 1.76. The van der Waals surface area contributed by atoms with Crippen LogP contribution in [-0.4, -0.2) is 39.7 Å². The fourth-order valence-corrected chi connectivity index (χ4v) is 5.24. The average molecular weight is 433 g/mol. The van der Waals surface area contributed by atoms with Crippen molar-refractivity contribution in [3.63, 3.8) is 0 Å². The van der Waals surface area contributed by atoms with Crippen LogP contribution in [0.15, 0.2) is 45.7 Å². The number of halogens is 1. The predicted octanol–water partition coefficient (Wildman–Crippen LogP) is 3.33. The number of thiophene rings is 1. The Hall–Kier alpha value is -1.96. The molecule has 0 aliphatic carbocycles. The highest BCUT2D eigenvalue weighted by atomic mass is 79.9. The topological polar surface area (TPSA) is 62.5 Å². The minimum Gasteiger partial charge on any atom is -0.391 e. The monoisotopic (exact) mass is 432 g/mol. The first-order chi connectivity index (χ1) is 12.5. The summed E-state index contributed by atoms with van der Waals surface area (Å²) < 4.78 is 2.34. The van der Waals surface area contributed by atoms with E-state index in [0.717, 1.165) is 21.5 Å². The zero-order valence-electron chi connectivity index (χ0n) is 14.1. The number of amides is 1. The van der Waals surface area contributed by atoms with Gasteiger partial charge in [0.2, 0.25) is 0 Å². The molecule has 1 aliphatic rings. The molecular weight excluding hydrogens is 416 g/mol. The van der Waals surface area contributed by atoms with Gasteiger partial charge in [0.05, 0.1) is 16.3 Å². The number of nitrogens with zero attached hydrogens (tertiary/aromatic N) is 2. The number of fused-ring (bicyclic) bond motifs is 1. The smallest absolute Gasteiger partial charge is 0.265 e. The van der Waals surface area contributed by atoms with Crippen molar-refractivity contribution in [2.75, 3.05) is 13.1 Å². The van der Waals surface area contributed by atoms with E-state index in [0.29, 0.717) is 28.9 Å². The minimum atomic E-state index is -0.460. The van der Waals surface area contributed by atoms with Crippen LogP contribution in [0, 0.1) is 6.92 Å². The first kappa shape index (κ1) is 17.5. The highest BCUT2D eigenvalue weighted by molar-refractivity contribution is 9.10. The Morgan fingerprint density at radius 1 is 1.23 bits per heavy atom. The Bertz CT molecular complexity index is 1060. The lowest BCUT2D eigenvalue weighted by Gasteiger charge is -2.14. The van der Waals surface area contributed by atoms with Crippen LogP contribution in [0.4, 0.5) is 0 Å². The van der Waals surface area contributed by atoms with E-state index in [1.165, 1.54) is 17.4 Å². The van der Waals surface area contributed by atoms with Gasteiger partial charge >= 0.3 is 0 Å². The largest absolute Gasteiger partial charge is 0.391 e. The van der Waals surface area contributed by atoms with E-state index < -0.39 is 6.10 Å². The molecule has 1 saturated heterocycles. The van der Waals surface area contributed by atoms with Gasteiger partial charge < -0.3 is 10.0 Å². The quantitative estimate of drug-likeness (QED) is 0.675. The molecule has 134 valence electrons. The lowest BCUT2D eigenvalue weighted by molar-refractivity contribution is 0.0769. The fraction of sp³-hybridized carbons (Fsp3) is 0.263. The molecule has 4 rings (SSSR count). The number of aromatic nitrogens is 1. The van der Waals surface area contributed by atoms with E-state index in [1.54, 1.807) is 15.5 Å². The Morgan fingerprint density at radius 2 is 1.96 bits per heavy atom. The van der Waals surface area contributed by atoms with E-state index in [1.807, 2.05) is 31.2 Å². The van der Waals surface area contributed by atoms with Gasteiger partial charge in [0.1, 0.15) is 9.71 Å². The number of carbonyl (C=O) groups excluding carboxylic acids is 1. The molecule has 1 amide bonds. The lowest BCUT2D eigenvalue weighted by atomic mass is 10.2. The van der Waals surface area contributed by atoms with Crippen molar-refractivity contribution < 1.29 is 9.90 Å². The number of carbonyl (C=O) groups is 1. The maximum absolute atomic E-state index is 12.9. The fourth-order valence-electron chi connectivity index (χ4n) is 3.20. The van der Waals surface area contributed by atoms with Crippen molar-refractivity contribution in [1.29, 1.82) is 0 Å². The number of aryl methyl sites for hydroxylation is 1. The summed E-state index contributed by atoms with van der Waals surface area (Å²) in [6.07, 6.45) is 0.139.